The van der Waals surface area contributed by atoms with Gasteiger partial charge < -0.3 is 14.5 Å². The van der Waals surface area contributed by atoms with Crippen molar-refractivity contribution in [3.8, 4) is 5.75 Å². The topological polar surface area (TPSA) is 51.5 Å². The minimum Gasteiger partial charge on any atom is -0.495 e. The number of hydrogen-bond acceptors (Lipinski definition) is 4. The normalized spacial score (nSPS) is 10.5. The highest BCUT2D eigenvalue weighted by Gasteiger charge is 2.07. The van der Waals surface area contributed by atoms with E-state index >= 15 is 0 Å². The SMILES string of the molecule is COc1ccccc1NCc1coc2ccccc2c1=O. The van der Waals surface area contributed by atoms with Gasteiger partial charge in [0, 0.05) is 6.54 Å². The first kappa shape index (κ1) is 13.2. The van der Waals surface area contributed by atoms with Gasteiger partial charge in [0.15, 0.2) is 5.43 Å². The fourth-order valence-corrected chi connectivity index (χ4v) is 2.22. The van der Waals surface area contributed by atoms with Crippen molar-refractivity contribution in [1.29, 1.82) is 0 Å². The number of methoxy groups -OCH3 is 1. The molecule has 4 heteroatoms. The fourth-order valence-electron chi connectivity index (χ4n) is 2.22. The van der Waals surface area contributed by atoms with Crippen LogP contribution in [0.1, 0.15) is 5.56 Å². The average Bonchev–Trinajstić information content (AvgIpc) is 2.55. The third-order valence-electron chi connectivity index (χ3n) is 3.33. The minimum absolute atomic E-state index is 0.0146. The maximum atomic E-state index is 12.4. The van der Waals surface area contributed by atoms with Crippen molar-refractivity contribution >= 4 is 16.7 Å². The Morgan fingerprint density at radius 2 is 1.86 bits per heavy atom. The van der Waals surface area contributed by atoms with Crippen LogP contribution in [0, 0.1) is 0 Å². The average molecular weight is 281 g/mol. The molecule has 0 fully saturated rings. The van der Waals surface area contributed by atoms with E-state index in [0.717, 1.165) is 11.4 Å². The molecule has 0 bridgehead atoms. The first-order valence-corrected chi connectivity index (χ1v) is 6.66. The lowest BCUT2D eigenvalue weighted by molar-refractivity contribution is 0.416. The van der Waals surface area contributed by atoms with Crippen molar-refractivity contribution in [3.05, 3.63) is 70.6 Å². The largest absolute Gasteiger partial charge is 0.495 e. The van der Waals surface area contributed by atoms with Crippen molar-refractivity contribution in [3.63, 3.8) is 0 Å². The van der Waals surface area contributed by atoms with E-state index in [0.29, 0.717) is 23.1 Å². The zero-order valence-electron chi connectivity index (χ0n) is 11.6. The van der Waals surface area contributed by atoms with Gasteiger partial charge >= 0.3 is 0 Å². The Kier molecular flexibility index (Phi) is 3.60. The third kappa shape index (κ3) is 2.60. The van der Waals surface area contributed by atoms with Gasteiger partial charge in [-0.15, -0.1) is 0 Å². The Morgan fingerprint density at radius 1 is 1.10 bits per heavy atom. The molecule has 0 amide bonds. The molecule has 1 aromatic heterocycles. The van der Waals surface area contributed by atoms with Crippen LogP contribution in [0.15, 0.2) is 64.0 Å². The van der Waals surface area contributed by atoms with Crippen LogP contribution in [0.5, 0.6) is 5.75 Å². The minimum atomic E-state index is -0.0146. The first-order valence-electron chi connectivity index (χ1n) is 6.66. The molecular formula is C17H15NO3. The molecule has 0 saturated carbocycles. The second kappa shape index (κ2) is 5.71. The third-order valence-corrected chi connectivity index (χ3v) is 3.33. The summed E-state index contributed by atoms with van der Waals surface area (Å²) in [5.41, 5.74) is 2.01. The molecule has 4 nitrogen and oxygen atoms in total. The Morgan fingerprint density at radius 3 is 2.71 bits per heavy atom. The van der Waals surface area contributed by atoms with Gasteiger partial charge in [0.25, 0.3) is 0 Å². The van der Waals surface area contributed by atoms with Crippen LogP contribution in [0.25, 0.3) is 11.0 Å². The van der Waals surface area contributed by atoms with Crippen LogP contribution in [-0.4, -0.2) is 7.11 Å². The highest BCUT2D eigenvalue weighted by atomic mass is 16.5. The summed E-state index contributed by atoms with van der Waals surface area (Å²) >= 11 is 0. The molecule has 0 unspecified atom stereocenters. The quantitative estimate of drug-likeness (QED) is 0.796. The number of ether oxygens (including phenoxy) is 1. The van der Waals surface area contributed by atoms with Gasteiger partial charge in [-0.05, 0) is 24.3 Å². The van der Waals surface area contributed by atoms with Crippen LogP contribution < -0.4 is 15.5 Å². The smallest absolute Gasteiger partial charge is 0.197 e. The molecule has 0 saturated heterocycles. The van der Waals surface area contributed by atoms with Crippen molar-refractivity contribution in [2.45, 2.75) is 6.54 Å². The molecule has 0 aliphatic heterocycles. The predicted octanol–water partition coefficient (Wildman–Crippen LogP) is 3.41. The van der Waals surface area contributed by atoms with E-state index in [1.165, 1.54) is 6.26 Å². The van der Waals surface area contributed by atoms with Gasteiger partial charge in [-0.2, -0.15) is 0 Å². The van der Waals surface area contributed by atoms with Crippen LogP contribution in [0.4, 0.5) is 5.69 Å². The highest BCUT2D eigenvalue weighted by Crippen LogP contribution is 2.23. The number of benzene rings is 2. The molecule has 106 valence electrons. The summed E-state index contributed by atoms with van der Waals surface area (Å²) in [5, 5.41) is 3.80. The van der Waals surface area contributed by atoms with Gasteiger partial charge in [-0.25, -0.2) is 0 Å². The van der Waals surface area contributed by atoms with Crippen LogP contribution in [-0.2, 0) is 6.54 Å². The van der Waals surface area contributed by atoms with E-state index in [1.54, 1.807) is 19.2 Å². The number of fused-ring (bicyclic) bond motifs is 1. The number of para-hydroxylation sites is 3. The molecule has 0 spiro atoms. The zero-order chi connectivity index (χ0) is 14.7. The molecule has 3 aromatic rings. The van der Waals surface area contributed by atoms with E-state index in [-0.39, 0.29) is 5.43 Å². The molecule has 1 N–H and O–H groups in total. The summed E-state index contributed by atoms with van der Waals surface area (Å²) in [7, 11) is 1.62. The predicted molar refractivity (Wildman–Crippen MR) is 82.8 cm³/mol. The Balaban J connectivity index is 1.89. The van der Waals surface area contributed by atoms with E-state index in [2.05, 4.69) is 5.32 Å². The van der Waals surface area contributed by atoms with Gasteiger partial charge in [-0.1, -0.05) is 24.3 Å². The van der Waals surface area contributed by atoms with Crippen molar-refractivity contribution in [1.82, 2.24) is 0 Å². The molecule has 0 aliphatic carbocycles. The van der Waals surface area contributed by atoms with Crippen molar-refractivity contribution in [2.75, 3.05) is 12.4 Å². The summed E-state index contributed by atoms with van der Waals surface area (Å²) in [6, 6.07) is 14.8. The van der Waals surface area contributed by atoms with E-state index < -0.39 is 0 Å². The van der Waals surface area contributed by atoms with Crippen LogP contribution in [0.3, 0.4) is 0 Å². The summed E-state index contributed by atoms with van der Waals surface area (Å²) in [4.78, 5) is 12.4. The molecule has 0 atom stereocenters. The fraction of sp³-hybridized carbons (Fsp3) is 0.118. The summed E-state index contributed by atoms with van der Waals surface area (Å²) < 4.78 is 10.8. The van der Waals surface area contributed by atoms with Gasteiger partial charge in [0.05, 0.1) is 30.0 Å². The lowest BCUT2D eigenvalue weighted by Gasteiger charge is -2.10. The first-order chi connectivity index (χ1) is 10.3. The summed E-state index contributed by atoms with van der Waals surface area (Å²) in [6.45, 7) is 0.382. The van der Waals surface area contributed by atoms with E-state index in [9.17, 15) is 4.79 Å². The standard InChI is InChI=1S/C17H15NO3/c1-20-16-9-5-3-7-14(16)18-10-12-11-21-15-8-4-2-6-13(15)17(12)19/h2-9,11,18H,10H2,1H3. The van der Waals surface area contributed by atoms with Gasteiger partial charge in [0.1, 0.15) is 11.3 Å². The summed E-state index contributed by atoms with van der Waals surface area (Å²) in [6.07, 6.45) is 1.51. The van der Waals surface area contributed by atoms with Crippen molar-refractivity contribution in [2.24, 2.45) is 0 Å². The maximum Gasteiger partial charge on any atom is 0.197 e. The Bertz CT molecular complexity index is 823. The second-order valence-corrected chi connectivity index (χ2v) is 4.64. The molecule has 2 aromatic carbocycles. The number of anilines is 1. The van der Waals surface area contributed by atoms with Crippen LogP contribution >= 0.6 is 0 Å². The van der Waals surface area contributed by atoms with E-state index in [1.807, 2.05) is 36.4 Å². The maximum absolute atomic E-state index is 12.4. The second-order valence-electron chi connectivity index (χ2n) is 4.64. The Labute approximate surface area is 122 Å². The monoisotopic (exact) mass is 281 g/mol. The van der Waals surface area contributed by atoms with Crippen molar-refractivity contribution < 1.29 is 9.15 Å². The molecule has 3 rings (SSSR count). The zero-order valence-corrected chi connectivity index (χ0v) is 11.6. The molecular weight excluding hydrogens is 266 g/mol. The molecule has 1 heterocycles. The number of nitrogens with one attached hydrogen (secondary N) is 1. The lowest BCUT2D eigenvalue weighted by Crippen LogP contribution is -2.13. The van der Waals surface area contributed by atoms with Gasteiger partial charge in [-0.3, -0.25) is 4.79 Å². The molecule has 0 radical (unpaired) electrons. The Hall–Kier alpha value is -2.75. The van der Waals surface area contributed by atoms with E-state index in [4.69, 9.17) is 9.15 Å². The van der Waals surface area contributed by atoms with Gasteiger partial charge in [0.2, 0.25) is 0 Å². The lowest BCUT2D eigenvalue weighted by atomic mass is 10.1. The number of hydrogen-bond donors (Lipinski definition) is 1. The molecule has 21 heavy (non-hydrogen) atoms. The summed E-state index contributed by atoms with van der Waals surface area (Å²) in [5.74, 6) is 0.739. The number of rotatable bonds is 4. The van der Waals surface area contributed by atoms with Crippen LogP contribution in [0.2, 0.25) is 0 Å². The molecule has 0 aliphatic rings. The highest BCUT2D eigenvalue weighted by molar-refractivity contribution is 5.76.